The highest BCUT2D eigenvalue weighted by molar-refractivity contribution is 6.30. The number of carboxylic acid groups (broad SMARTS) is 1. The normalized spacial score (nSPS) is 32.0. The van der Waals surface area contributed by atoms with Crippen LogP contribution in [0.4, 0.5) is 5.69 Å². The summed E-state index contributed by atoms with van der Waals surface area (Å²) in [5, 5.41) is 13.9. The number of nitrogens with one attached hydrogen (secondary N) is 1. The number of benzene rings is 2. The van der Waals surface area contributed by atoms with Gasteiger partial charge in [-0.1, -0.05) is 23.7 Å². The summed E-state index contributed by atoms with van der Waals surface area (Å²) in [6, 6.07) is 14.0. The molecule has 1 aliphatic heterocycles. The molecular weight excluding hydrogens is 334 g/mol. The topological polar surface area (TPSA) is 49.3 Å². The van der Waals surface area contributed by atoms with E-state index in [0.717, 1.165) is 10.7 Å². The van der Waals surface area contributed by atoms with E-state index in [-0.39, 0.29) is 6.04 Å². The van der Waals surface area contributed by atoms with Gasteiger partial charge in [-0.2, -0.15) is 0 Å². The van der Waals surface area contributed by atoms with Crippen molar-refractivity contribution < 1.29 is 9.90 Å². The van der Waals surface area contributed by atoms with Gasteiger partial charge in [-0.05, 0) is 84.4 Å². The predicted molar refractivity (Wildman–Crippen MR) is 98.3 cm³/mol. The number of rotatable bonds is 2. The minimum atomic E-state index is -0.848. The smallest absolute Gasteiger partial charge is 0.335 e. The zero-order valence-electron chi connectivity index (χ0n) is 13.8. The van der Waals surface area contributed by atoms with Crippen molar-refractivity contribution in [1.29, 1.82) is 0 Å². The first kappa shape index (κ1) is 15.3. The quantitative estimate of drug-likeness (QED) is 0.766. The van der Waals surface area contributed by atoms with E-state index in [4.69, 9.17) is 11.6 Å². The second-order valence-corrected chi connectivity index (χ2v) is 8.16. The molecule has 0 spiro atoms. The molecule has 128 valence electrons. The van der Waals surface area contributed by atoms with Crippen LogP contribution in [-0.4, -0.2) is 11.1 Å². The number of carboxylic acids is 1. The van der Waals surface area contributed by atoms with Crippen LogP contribution in [0.2, 0.25) is 5.02 Å². The van der Waals surface area contributed by atoms with Crippen LogP contribution < -0.4 is 5.32 Å². The van der Waals surface area contributed by atoms with Gasteiger partial charge in [0.15, 0.2) is 0 Å². The number of carbonyl (C=O) groups is 1. The molecule has 5 rings (SSSR count). The molecule has 5 atom stereocenters. The van der Waals surface area contributed by atoms with Gasteiger partial charge >= 0.3 is 5.97 Å². The molecule has 0 saturated heterocycles. The van der Waals surface area contributed by atoms with Crippen molar-refractivity contribution in [3.63, 3.8) is 0 Å². The van der Waals surface area contributed by atoms with Crippen molar-refractivity contribution >= 4 is 23.3 Å². The molecule has 4 heteroatoms. The van der Waals surface area contributed by atoms with Crippen molar-refractivity contribution in [2.75, 3.05) is 5.32 Å². The Balaban J connectivity index is 1.64. The highest BCUT2D eigenvalue weighted by Crippen LogP contribution is 2.63. The molecule has 0 amide bonds. The molecule has 2 aromatic rings. The van der Waals surface area contributed by atoms with Crippen LogP contribution in [0, 0.1) is 17.8 Å². The van der Waals surface area contributed by atoms with Gasteiger partial charge in [0, 0.05) is 10.7 Å². The van der Waals surface area contributed by atoms with Crippen LogP contribution in [0.15, 0.2) is 42.5 Å². The van der Waals surface area contributed by atoms with Gasteiger partial charge in [0.05, 0.1) is 11.6 Å². The van der Waals surface area contributed by atoms with Gasteiger partial charge in [-0.3, -0.25) is 0 Å². The van der Waals surface area contributed by atoms with Crippen LogP contribution in [-0.2, 0) is 0 Å². The number of hydrogen-bond donors (Lipinski definition) is 2. The molecular formula is C21H20ClNO2. The Hall–Kier alpha value is -2.00. The average molecular weight is 354 g/mol. The first-order chi connectivity index (χ1) is 12.1. The van der Waals surface area contributed by atoms with Crippen molar-refractivity contribution in [1.82, 2.24) is 0 Å². The fourth-order valence-corrected chi connectivity index (χ4v) is 5.85. The van der Waals surface area contributed by atoms with E-state index in [1.54, 1.807) is 6.07 Å². The van der Waals surface area contributed by atoms with E-state index in [0.29, 0.717) is 29.2 Å². The molecule has 1 heterocycles. The maximum atomic E-state index is 11.4. The highest BCUT2D eigenvalue weighted by atomic mass is 35.5. The lowest BCUT2D eigenvalue weighted by atomic mass is 9.68. The summed E-state index contributed by atoms with van der Waals surface area (Å²) in [7, 11) is 0. The highest BCUT2D eigenvalue weighted by Gasteiger charge is 2.53. The first-order valence-electron chi connectivity index (χ1n) is 9.01. The average Bonchev–Trinajstić information content (AvgIpc) is 3.22. The summed E-state index contributed by atoms with van der Waals surface area (Å²) in [5.74, 6) is 1.53. The van der Waals surface area contributed by atoms with Crippen LogP contribution in [0.25, 0.3) is 0 Å². The summed E-state index contributed by atoms with van der Waals surface area (Å²) in [6.07, 6.45) is 3.83. The van der Waals surface area contributed by atoms with E-state index in [1.807, 2.05) is 24.3 Å². The summed E-state index contributed by atoms with van der Waals surface area (Å²) < 4.78 is 0. The summed E-state index contributed by atoms with van der Waals surface area (Å²) >= 11 is 6.25. The third-order valence-electron chi connectivity index (χ3n) is 6.54. The molecule has 2 N–H and O–H groups in total. The lowest BCUT2D eigenvalue weighted by molar-refractivity contribution is 0.0696. The van der Waals surface area contributed by atoms with Crippen LogP contribution >= 0.6 is 11.6 Å². The molecule has 25 heavy (non-hydrogen) atoms. The van der Waals surface area contributed by atoms with Crippen molar-refractivity contribution in [3.05, 3.63) is 64.2 Å². The van der Waals surface area contributed by atoms with Crippen LogP contribution in [0.1, 0.15) is 52.7 Å². The number of hydrogen-bond acceptors (Lipinski definition) is 2. The van der Waals surface area contributed by atoms with Crippen molar-refractivity contribution in [3.8, 4) is 0 Å². The first-order valence-corrected chi connectivity index (χ1v) is 9.39. The second-order valence-electron chi connectivity index (χ2n) is 7.72. The van der Waals surface area contributed by atoms with Gasteiger partial charge in [0.2, 0.25) is 0 Å². The molecule has 0 unspecified atom stereocenters. The summed E-state index contributed by atoms with van der Waals surface area (Å²) in [6.45, 7) is 0. The number of halogens is 1. The lowest BCUT2D eigenvalue weighted by Gasteiger charge is -2.43. The number of anilines is 1. The molecule has 2 bridgehead atoms. The van der Waals surface area contributed by atoms with Crippen molar-refractivity contribution in [2.24, 2.45) is 17.8 Å². The number of aromatic carboxylic acids is 1. The fourth-order valence-electron chi connectivity index (χ4n) is 5.65. The molecule has 3 aliphatic rings. The van der Waals surface area contributed by atoms with Crippen LogP contribution in [0.3, 0.4) is 0 Å². The van der Waals surface area contributed by atoms with E-state index < -0.39 is 5.97 Å². The minimum Gasteiger partial charge on any atom is -0.478 e. The third-order valence-corrected chi connectivity index (χ3v) is 6.78. The zero-order valence-corrected chi connectivity index (χ0v) is 14.5. The largest absolute Gasteiger partial charge is 0.478 e. The molecule has 2 fully saturated rings. The maximum absolute atomic E-state index is 11.4. The van der Waals surface area contributed by atoms with E-state index in [9.17, 15) is 9.90 Å². The molecule has 0 radical (unpaired) electrons. The Kier molecular flexibility index (Phi) is 3.36. The summed E-state index contributed by atoms with van der Waals surface area (Å²) in [5.41, 5.74) is 3.92. The van der Waals surface area contributed by atoms with Crippen LogP contribution in [0.5, 0.6) is 0 Å². The Labute approximate surface area is 152 Å². The standard InChI is InChI=1S/C21H20ClNO2/c22-15-3-1-2-13(9-15)20-19-12-5-4-11(8-12)18(19)16-10-14(21(24)25)6-7-17(16)23-20/h1-3,6-7,9-12,18-20,23H,4-5,8H2,(H,24,25)/t11-,12-,18-,19+,20-/m0/s1. The Morgan fingerprint density at radius 3 is 2.76 bits per heavy atom. The van der Waals surface area contributed by atoms with Gasteiger partial charge < -0.3 is 10.4 Å². The van der Waals surface area contributed by atoms with E-state index in [1.165, 1.54) is 30.4 Å². The molecule has 2 aliphatic carbocycles. The number of fused-ring (bicyclic) bond motifs is 7. The summed E-state index contributed by atoms with van der Waals surface area (Å²) in [4.78, 5) is 11.4. The predicted octanol–water partition coefficient (Wildman–Crippen LogP) is 5.33. The second kappa shape index (κ2) is 5.50. The minimum absolute atomic E-state index is 0.252. The lowest BCUT2D eigenvalue weighted by Crippen LogP contribution is -2.35. The third kappa shape index (κ3) is 2.29. The molecule has 3 nitrogen and oxygen atoms in total. The maximum Gasteiger partial charge on any atom is 0.335 e. The van der Waals surface area contributed by atoms with Crippen molar-refractivity contribution in [2.45, 2.75) is 31.2 Å². The SMILES string of the molecule is O=C(O)c1ccc2c(c1)[C@@H]1[C@H]3CC[C@@H](C3)[C@H]1[C@H](c1cccc(Cl)c1)N2. The Morgan fingerprint density at radius 1 is 1.12 bits per heavy atom. The molecule has 2 saturated carbocycles. The molecule has 2 aromatic carbocycles. The van der Waals surface area contributed by atoms with Gasteiger partial charge in [0.1, 0.15) is 0 Å². The molecule has 0 aromatic heterocycles. The Bertz CT molecular complexity index is 865. The van der Waals surface area contributed by atoms with Gasteiger partial charge in [-0.15, -0.1) is 0 Å². The van der Waals surface area contributed by atoms with E-state index >= 15 is 0 Å². The van der Waals surface area contributed by atoms with Gasteiger partial charge in [-0.25, -0.2) is 4.79 Å². The monoisotopic (exact) mass is 353 g/mol. The van der Waals surface area contributed by atoms with Gasteiger partial charge in [0.25, 0.3) is 0 Å². The van der Waals surface area contributed by atoms with E-state index in [2.05, 4.69) is 17.4 Å². The zero-order chi connectivity index (χ0) is 17.1. The Morgan fingerprint density at radius 2 is 1.96 bits per heavy atom. The fraction of sp³-hybridized carbons (Fsp3) is 0.381.